The molecule has 1 fully saturated rings. The van der Waals surface area contributed by atoms with Crippen LogP contribution in [-0.2, 0) is 9.47 Å². The number of hydrogen-bond acceptors (Lipinski definition) is 2. The fraction of sp³-hybridized carbons (Fsp3) is 1.00. The number of rotatable bonds is 25. The van der Waals surface area contributed by atoms with Gasteiger partial charge in [-0.25, -0.2) is 0 Å². The molecule has 29 heavy (non-hydrogen) atoms. The van der Waals surface area contributed by atoms with Gasteiger partial charge in [0.1, 0.15) is 0 Å². The van der Waals surface area contributed by atoms with Crippen LogP contribution < -0.4 is 0 Å². The lowest BCUT2D eigenvalue weighted by Gasteiger charge is -2.05. The van der Waals surface area contributed by atoms with Gasteiger partial charge in [0.25, 0.3) is 0 Å². The number of unbranched alkanes of at least 4 members (excludes halogenated alkanes) is 19. The Kier molecular flexibility index (Phi) is 21.0. The van der Waals surface area contributed by atoms with E-state index in [1.807, 2.05) is 0 Å². The van der Waals surface area contributed by atoms with Crippen molar-refractivity contribution in [3.8, 4) is 0 Å². The molecule has 1 aliphatic rings. The van der Waals surface area contributed by atoms with Crippen LogP contribution in [0.2, 0.25) is 0 Å². The summed E-state index contributed by atoms with van der Waals surface area (Å²) in [5.41, 5.74) is 0. The monoisotopic (exact) mass is 410 g/mol. The number of epoxide rings is 1. The average Bonchev–Trinajstić information content (AvgIpc) is 3.55. The molecule has 1 heterocycles. The molecule has 174 valence electrons. The van der Waals surface area contributed by atoms with Crippen molar-refractivity contribution in [2.75, 3.05) is 19.8 Å². The predicted molar refractivity (Wildman–Crippen MR) is 128 cm³/mol. The summed E-state index contributed by atoms with van der Waals surface area (Å²) < 4.78 is 11.1. The van der Waals surface area contributed by atoms with Crippen molar-refractivity contribution in [1.29, 1.82) is 0 Å². The minimum Gasteiger partial charge on any atom is -0.381 e. The highest BCUT2D eigenvalue weighted by Gasteiger charge is 2.20. The Balaban J connectivity index is 1.58. The minimum absolute atomic E-state index is 0.636. The van der Waals surface area contributed by atoms with Crippen LogP contribution in [0.15, 0.2) is 0 Å². The van der Waals surface area contributed by atoms with E-state index in [0.717, 1.165) is 19.8 Å². The molecule has 1 atom stereocenters. The summed E-state index contributed by atoms with van der Waals surface area (Å²) in [5, 5.41) is 0. The highest BCUT2D eigenvalue weighted by atomic mass is 16.6. The van der Waals surface area contributed by atoms with Crippen LogP contribution >= 0.6 is 0 Å². The average molecular weight is 411 g/mol. The Morgan fingerprint density at radius 3 is 1.24 bits per heavy atom. The van der Waals surface area contributed by atoms with Gasteiger partial charge >= 0.3 is 0 Å². The summed E-state index contributed by atoms with van der Waals surface area (Å²) in [7, 11) is 0. The van der Waals surface area contributed by atoms with E-state index in [1.54, 1.807) is 0 Å². The Labute approximate surface area is 183 Å². The van der Waals surface area contributed by atoms with Crippen LogP contribution in [0, 0.1) is 0 Å². The molecule has 0 aromatic carbocycles. The molecule has 0 saturated carbocycles. The molecule has 0 aliphatic carbocycles. The van der Waals surface area contributed by atoms with Gasteiger partial charge in [0.15, 0.2) is 0 Å². The first kappa shape index (κ1) is 27.0. The fourth-order valence-corrected chi connectivity index (χ4v) is 4.20. The molecular weight excluding hydrogens is 356 g/mol. The standard InChI is InChI=1S/C27H54O2/c1-2-3-4-5-6-7-8-9-12-15-18-21-24-28-25-22-19-16-13-10-11-14-17-20-23-27-26-29-27/h27H,2-26H2,1H3. The summed E-state index contributed by atoms with van der Waals surface area (Å²) in [6.45, 7) is 5.30. The third-order valence-corrected chi connectivity index (χ3v) is 6.36. The Morgan fingerprint density at radius 1 is 0.517 bits per heavy atom. The Morgan fingerprint density at radius 2 is 0.862 bits per heavy atom. The molecule has 0 spiro atoms. The van der Waals surface area contributed by atoms with Crippen molar-refractivity contribution < 1.29 is 9.47 Å². The van der Waals surface area contributed by atoms with Crippen LogP contribution in [-0.4, -0.2) is 25.9 Å². The summed E-state index contributed by atoms with van der Waals surface area (Å²) in [5.74, 6) is 0. The van der Waals surface area contributed by atoms with Crippen molar-refractivity contribution in [1.82, 2.24) is 0 Å². The van der Waals surface area contributed by atoms with E-state index in [4.69, 9.17) is 9.47 Å². The lowest BCUT2D eigenvalue weighted by atomic mass is 10.1. The van der Waals surface area contributed by atoms with Gasteiger partial charge in [-0.3, -0.25) is 0 Å². The Hall–Kier alpha value is -0.0800. The van der Waals surface area contributed by atoms with Gasteiger partial charge in [-0.2, -0.15) is 0 Å². The third kappa shape index (κ3) is 22.4. The van der Waals surface area contributed by atoms with Gasteiger partial charge in [-0.15, -0.1) is 0 Å². The van der Waals surface area contributed by atoms with Crippen LogP contribution in [0.1, 0.15) is 148 Å². The predicted octanol–water partition coefficient (Wildman–Crippen LogP) is 9.00. The maximum absolute atomic E-state index is 5.81. The molecule has 2 nitrogen and oxygen atoms in total. The molecule has 1 aliphatic heterocycles. The molecule has 0 radical (unpaired) electrons. The van der Waals surface area contributed by atoms with Crippen molar-refractivity contribution >= 4 is 0 Å². The van der Waals surface area contributed by atoms with E-state index in [9.17, 15) is 0 Å². The first-order chi connectivity index (χ1) is 14.4. The molecule has 0 amide bonds. The normalized spacial score (nSPS) is 15.8. The molecule has 1 rings (SSSR count). The van der Waals surface area contributed by atoms with Crippen LogP contribution in [0.3, 0.4) is 0 Å². The maximum atomic E-state index is 5.81. The zero-order chi connectivity index (χ0) is 20.7. The lowest BCUT2D eigenvalue weighted by molar-refractivity contribution is 0.125. The fourth-order valence-electron chi connectivity index (χ4n) is 4.20. The summed E-state index contributed by atoms with van der Waals surface area (Å²) >= 11 is 0. The number of ether oxygens (including phenoxy) is 2. The third-order valence-electron chi connectivity index (χ3n) is 6.36. The molecule has 0 aromatic rings. The molecular formula is C27H54O2. The molecule has 1 unspecified atom stereocenters. The van der Waals surface area contributed by atoms with E-state index in [0.29, 0.717) is 6.10 Å². The molecule has 0 bridgehead atoms. The first-order valence-corrected chi connectivity index (χ1v) is 13.6. The highest BCUT2D eigenvalue weighted by molar-refractivity contribution is 4.68. The zero-order valence-electron chi connectivity index (χ0n) is 20.1. The lowest BCUT2D eigenvalue weighted by Crippen LogP contribution is -1.97. The highest BCUT2D eigenvalue weighted by Crippen LogP contribution is 2.18. The summed E-state index contributed by atoms with van der Waals surface area (Å²) in [6.07, 6.45) is 31.5. The first-order valence-electron chi connectivity index (χ1n) is 13.6. The van der Waals surface area contributed by atoms with Gasteiger partial charge in [-0.05, 0) is 19.3 Å². The van der Waals surface area contributed by atoms with E-state index in [1.165, 1.54) is 141 Å². The van der Waals surface area contributed by atoms with Crippen LogP contribution in [0.5, 0.6) is 0 Å². The summed E-state index contributed by atoms with van der Waals surface area (Å²) in [4.78, 5) is 0. The smallest absolute Gasteiger partial charge is 0.0810 e. The van der Waals surface area contributed by atoms with Gasteiger partial charge in [0, 0.05) is 13.2 Å². The topological polar surface area (TPSA) is 21.8 Å². The van der Waals surface area contributed by atoms with E-state index >= 15 is 0 Å². The molecule has 1 saturated heterocycles. The van der Waals surface area contributed by atoms with Crippen LogP contribution in [0.4, 0.5) is 0 Å². The second kappa shape index (κ2) is 22.6. The van der Waals surface area contributed by atoms with Gasteiger partial charge in [0.2, 0.25) is 0 Å². The molecule has 0 N–H and O–H groups in total. The maximum Gasteiger partial charge on any atom is 0.0810 e. The van der Waals surface area contributed by atoms with Crippen molar-refractivity contribution in [3.05, 3.63) is 0 Å². The zero-order valence-corrected chi connectivity index (χ0v) is 20.1. The van der Waals surface area contributed by atoms with Gasteiger partial charge in [0.05, 0.1) is 12.7 Å². The van der Waals surface area contributed by atoms with Crippen LogP contribution in [0.25, 0.3) is 0 Å². The van der Waals surface area contributed by atoms with E-state index in [-0.39, 0.29) is 0 Å². The van der Waals surface area contributed by atoms with E-state index in [2.05, 4.69) is 6.92 Å². The summed E-state index contributed by atoms with van der Waals surface area (Å²) in [6, 6.07) is 0. The van der Waals surface area contributed by atoms with Gasteiger partial charge < -0.3 is 9.47 Å². The Bertz CT molecular complexity index is 301. The number of hydrogen-bond donors (Lipinski definition) is 0. The molecule has 2 heteroatoms. The van der Waals surface area contributed by atoms with Crippen molar-refractivity contribution in [3.63, 3.8) is 0 Å². The quantitative estimate of drug-likeness (QED) is 0.111. The van der Waals surface area contributed by atoms with Crippen molar-refractivity contribution in [2.45, 2.75) is 154 Å². The second-order valence-corrected chi connectivity index (χ2v) is 9.43. The second-order valence-electron chi connectivity index (χ2n) is 9.43. The largest absolute Gasteiger partial charge is 0.381 e. The molecule has 0 aromatic heterocycles. The SMILES string of the molecule is CCCCCCCCCCCCCCOCCCCCCCCCCCC1CO1. The minimum atomic E-state index is 0.636. The van der Waals surface area contributed by atoms with Gasteiger partial charge in [-0.1, -0.05) is 129 Å². The van der Waals surface area contributed by atoms with E-state index < -0.39 is 0 Å². The van der Waals surface area contributed by atoms with Crippen molar-refractivity contribution in [2.24, 2.45) is 0 Å².